The van der Waals surface area contributed by atoms with Crippen molar-refractivity contribution in [3.63, 3.8) is 0 Å². The third-order valence-electron chi connectivity index (χ3n) is 6.31. The van der Waals surface area contributed by atoms with Gasteiger partial charge in [-0.05, 0) is 75.7 Å². The summed E-state index contributed by atoms with van der Waals surface area (Å²) in [6.45, 7) is 3.44. The van der Waals surface area contributed by atoms with Gasteiger partial charge in [-0.2, -0.15) is 0 Å². The molecule has 2 unspecified atom stereocenters. The van der Waals surface area contributed by atoms with E-state index in [1.54, 1.807) is 23.1 Å². The van der Waals surface area contributed by atoms with Crippen LogP contribution in [0.5, 0.6) is 0 Å². The number of halogens is 2. The first-order valence-electron chi connectivity index (χ1n) is 10.5. The molecule has 5 heteroatoms. The number of hydrogen-bond donors (Lipinski definition) is 0. The maximum atomic E-state index is 12.5. The summed E-state index contributed by atoms with van der Waals surface area (Å²) in [5.74, 6) is 0.914. The maximum absolute atomic E-state index is 12.5. The van der Waals surface area contributed by atoms with E-state index in [0.717, 1.165) is 24.9 Å². The molecule has 1 aliphatic carbocycles. The van der Waals surface area contributed by atoms with Crippen LogP contribution in [0.4, 0.5) is 0 Å². The Hall–Kier alpha value is -0.770. The lowest BCUT2D eigenvalue weighted by molar-refractivity contribution is 0.0792. The van der Waals surface area contributed by atoms with Gasteiger partial charge in [0.15, 0.2) is 0 Å². The molecule has 1 saturated carbocycles. The second-order valence-corrected chi connectivity index (χ2v) is 9.02. The van der Waals surface area contributed by atoms with Crippen molar-refractivity contribution in [2.75, 3.05) is 26.7 Å². The number of carbonyl (C=O) groups excluding carboxylic acids is 1. The van der Waals surface area contributed by atoms with E-state index in [9.17, 15) is 4.79 Å². The lowest BCUT2D eigenvalue weighted by atomic mass is 9.95. The third kappa shape index (κ3) is 5.62. The molecular formula is C22H32Cl2N2O. The number of unbranched alkanes of at least 4 members (excludes halogenated alkanes) is 2. The molecule has 2 aliphatic rings. The summed E-state index contributed by atoms with van der Waals surface area (Å²) in [6.07, 6.45) is 11.9. The van der Waals surface area contributed by atoms with E-state index in [1.807, 2.05) is 7.05 Å². The van der Waals surface area contributed by atoms with Crippen molar-refractivity contribution in [3.8, 4) is 0 Å². The Morgan fingerprint density at radius 2 is 1.85 bits per heavy atom. The van der Waals surface area contributed by atoms with E-state index in [-0.39, 0.29) is 5.91 Å². The molecule has 0 N–H and O–H groups in total. The maximum Gasteiger partial charge on any atom is 0.253 e. The molecule has 0 spiro atoms. The van der Waals surface area contributed by atoms with Crippen molar-refractivity contribution < 1.29 is 4.79 Å². The van der Waals surface area contributed by atoms with Crippen LogP contribution in [-0.2, 0) is 0 Å². The molecule has 1 heterocycles. The zero-order valence-electron chi connectivity index (χ0n) is 16.4. The standard InChI is InChI=1S/C22H32Cl2N2O/c1-25(22(27)18-11-12-19(23)20(24)16-18)13-4-2-3-8-17-9-7-10-21(17)26-14-5-6-15-26/h11-12,16-17,21H,2-10,13-15H2,1H3. The third-order valence-corrected chi connectivity index (χ3v) is 7.05. The number of amides is 1. The van der Waals surface area contributed by atoms with Crippen LogP contribution >= 0.6 is 23.2 Å². The number of benzene rings is 1. The molecule has 27 heavy (non-hydrogen) atoms. The van der Waals surface area contributed by atoms with E-state index in [4.69, 9.17) is 23.2 Å². The summed E-state index contributed by atoms with van der Waals surface area (Å²) in [7, 11) is 1.87. The van der Waals surface area contributed by atoms with Crippen LogP contribution in [0.3, 0.4) is 0 Å². The fraction of sp³-hybridized carbons (Fsp3) is 0.682. The highest BCUT2D eigenvalue weighted by Gasteiger charge is 2.32. The number of carbonyl (C=O) groups is 1. The van der Waals surface area contributed by atoms with E-state index < -0.39 is 0 Å². The summed E-state index contributed by atoms with van der Waals surface area (Å²) in [5.41, 5.74) is 0.603. The number of rotatable bonds is 8. The SMILES string of the molecule is CN(CCCCCC1CCCC1N1CCCC1)C(=O)c1ccc(Cl)c(Cl)c1. The molecular weight excluding hydrogens is 379 g/mol. The minimum absolute atomic E-state index is 0.0125. The van der Waals surface area contributed by atoms with Crippen molar-refractivity contribution in [2.45, 2.75) is 63.8 Å². The molecule has 0 bridgehead atoms. The Morgan fingerprint density at radius 1 is 1.07 bits per heavy atom. The Bertz CT molecular complexity index is 631. The molecule has 3 nitrogen and oxygen atoms in total. The summed E-state index contributed by atoms with van der Waals surface area (Å²) in [6, 6.07) is 5.93. The highest BCUT2D eigenvalue weighted by molar-refractivity contribution is 6.42. The molecule has 1 aromatic carbocycles. The molecule has 150 valence electrons. The zero-order valence-corrected chi connectivity index (χ0v) is 17.9. The van der Waals surface area contributed by atoms with Gasteiger partial charge in [-0.15, -0.1) is 0 Å². The quantitative estimate of drug-likeness (QED) is 0.498. The first-order chi connectivity index (χ1) is 13.1. The normalized spacial score (nSPS) is 23.1. The van der Waals surface area contributed by atoms with Crippen molar-refractivity contribution in [3.05, 3.63) is 33.8 Å². The molecule has 3 rings (SSSR count). The monoisotopic (exact) mass is 410 g/mol. The number of hydrogen-bond acceptors (Lipinski definition) is 2. The van der Waals surface area contributed by atoms with Crippen LogP contribution in [0.15, 0.2) is 18.2 Å². The van der Waals surface area contributed by atoms with Crippen LogP contribution in [0.1, 0.15) is 68.1 Å². The van der Waals surface area contributed by atoms with Crippen molar-refractivity contribution in [1.29, 1.82) is 0 Å². The Labute approximate surface area is 174 Å². The number of likely N-dealkylation sites (tertiary alicyclic amines) is 1. The van der Waals surface area contributed by atoms with Crippen LogP contribution in [0.2, 0.25) is 10.0 Å². The molecule has 2 atom stereocenters. The predicted molar refractivity (Wildman–Crippen MR) is 114 cm³/mol. The van der Waals surface area contributed by atoms with Gasteiger partial charge in [-0.3, -0.25) is 4.79 Å². The van der Waals surface area contributed by atoms with Crippen LogP contribution in [0.25, 0.3) is 0 Å². The number of nitrogens with zero attached hydrogens (tertiary/aromatic N) is 2. The largest absolute Gasteiger partial charge is 0.342 e. The van der Waals surface area contributed by atoms with Gasteiger partial charge in [-0.25, -0.2) is 0 Å². The smallest absolute Gasteiger partial charge is 0.253 e. The molecule has 1 aromatic rings. The van der Waals surface area contributed by atoms with Crippen LogP contribution < -0.4 is 0 Å². The van der Waals surface area contributed by atoms with Crippen LogP contribution in [0, 0.1) is 5.92 Å². The Balaban J connectivity index is 1.35. The Kier molecular flexibility index (Phi) is 7.86. The minimum Gasteiger partial charge on any atom is -0.342 e. The van der Waals surface area contributed by atoms with Gasteiger partial charge in [0.25, 0.3) is 5.91 Å². The van der Waals surface area contributed by atoms with Crippen LogP contribution in [-0.4, -0.2) is 48.4 Å². The second-order valence-electron chi connectivity index (χ2n) is 8.21. The summed E-state index contributed by atoms with van der Waals surface area (Å²) < 4.78 is 0. The zero-order chi connectivity index (χ0) is 19.2. The molecule has 1 saturated heterocycles. The molecule has 1 amide bonds. The van der Waals surface area contributed by atoms with Gasteiger partial charge < -0.3 is 9.80 Å². The summed E-state index contributed by atoms with van der Waals surface area (Å²) >= 11 is 12.0. The van der Waals surface area contributed by atoms with Gasteiger partial charge in [0.2, 0.25) is 0 Å². The van der Waals surface area contributed by atoms with E-state index >= 15 is 0 Å². The minimum atomic E-state index is 0.0125. The lowest BCUT2D eigenvalue weighted by Crippen LogP contribution is -2.35. The van der Waals surface area contributed by atoms with Crippen molar-refractivity contribution >= 4 is 29.1 Å². The Morgan fingerprint density at radius 3 is 2.59 bits per heavy atom. The van der Waals surface area contributed by atoms with E-state index in [1.165, 1.54) is 64.5 Å². The average Bonchev–Trinajstić information content (AvgIpc) is 3.34. The first-order valence-corrected chi connectivity index (χ1v) is 11.3. The fourth-order valence-electron chi connectivity index (χ4n) is 4.79. The fourth-order valence-corrected chi connectivity index (χ4v) is 5.09. The van der Waals surface area contributed by atoms with Crippen molar-refractivity contribution in [1.82, 2.24) is 9.80 Å². The van der Waals surface area contributed by atoms with E-state index in [0.29, 0.717) is 15.6 Å². The van der Waals surface area contributed by atoms with Gasteiger partial charge in [-0.1, -0.05) is 42.5 Å². The van der Waals surface area contributed by atoms with Gasteiger partial charge in [0.05, 0.1) is 10.0 Å². The highest BCUT2D eigenvalue weighted by Crippen LogP contribution is 2.35. The first kappa shape index (κ1) is 21.0. The van der Waals surface area contributed by atoms with Gasteiger partial charge in [0, 0.05) is 25.2 Å². The average molecular weight is 411 g/mol. The van der Waals surface area contributed by atoms with Crippen molar-refractivity contribution in [2.24, 2.45) is 5.92 Å². The molecule has 0 radical (unpaired) electrons. The molecule has 2 fully saturated rings. The van der Waals surface area contributed by atoms with E-state index in [2.05, 4.69) is 4.90 Å². The topological polar surface area (TPSA) is 23.6 Å². The summed E-state index contributed by atoms with van der Waals surface area (Å²) in [5, 5.41) is 0.912. The highest BCUT2D eigenvalue weighted by atomic mass is 35.5. The van der Waals surface area contributed by atoms with Gasteiger partial charge >= 0.3 is 0 Å². The van der Waals surface area contributed by atoms with Gasteiger partial charge in [0.1, 0.15) is 0 Å². The summed E-state index contributed by atoms with van der Waals surface area (Å²) in [4.78, 5) is 17.0. The lowest BCUT2D eigenvalue weighted by Gasteiger charge is -2.29. The molecule has 1 aliphatic heterocycles. The predicted octanol–water partition coefficient (Wildman–Crippen LogP) is 5.89. The second kappa shape index (κ2) is 10.1. The molecule has 0 aromatic heterocycles.